The van der Waals surface area contributed by atoms with Crippen molar-refractivity contribution >= 4 is 42.3 Å². The standard InChI is InChI=1S/C19H35N5O7S/c1-3-10(2)15(21)18(29)24-13(9-32)17(28)22-11(6-4-5-7-20)16(27)23-12(19(30)31)8-14(25)26/h10-13,15,32H,3-9,20-21H2,1-2H3,(H,22,28)(H,23,27)(H,24,29)(H,25,26)(H,30,31). The summed E-state index contributed by atoms with van der Waals surface area (Å²) in [5.74, 6) is -5.21. The lowest BCUT2D eigenvalue weighted by Crippen LogP contribution is -2.58. The van der Waals surface area contributed by atoms with Crippen LogP contribution in [-0.4, -0.2) is 76.3 Å². The molecule has 32 heavy (non-hydrogen) atoms. The number of carbonyl (C=O) groups is 5. The van der Waals surface area contributed by atoms with Crippen molar-refractivity contribution in [3.8, 4) is 0 Å². The lowest BCUT2D eigenvalue weighted by atomic mass is 9.99. The number of carboxylic acids is 2. The highest BCUT2D eigenvalue weighted by molar-refractivity contribution is 7.80. The molecule has 0 aromatic carbocycles. The van der Waals surface area contributed by atoms with Gasteiger partial charge in [-0.1, -0.05) is 20.3 Å². The van der Waals surface area contributed by atoms with E-state index in [9.17, 15) is 24.0 Å². The number of hydrogen-bond acceptors (Lipinski definition) is 8. The molecule has 0 spiro atoms. The van der Waals surface area contributed by atoms with Gasteiger partial charge in [0.15, 0.2) is 0 Å². The van der Waals surface area contributed by atoms with Gasteiger partial charge in [-0.05, 0) is 31.7 Å². The summed E-state index contributed by atoms with van der Waals surface area (Å²) in [6.45, 7) is 4.02. The molecule has 0 bridgehead atoms. The summed E-state index contributed by atoms with van der Waals surface area (Å²) in [5.41, 5.74) is 11.3. The quantitative estimate of drug-likeness (QED) is 0.0950. The van der Waals surface area contributed by atoms with Crippen molar-refractivity contribution in [1.82, 2.24) is 16.0 Å². The molecule has 5 unspecified atom stereocenters. The summed E-state index contributed by atoms with van der Waals surface area (Å²) in [4.78, 5) is 59.7. The number of carboxylic acid groups (broad SMARTS) is 2. The van der Waals surface area contributed by atoms with E-state index in [1.165, 1.54) is 0 Å². The number of thiol groups is 1. The molecule has 0 rings (SSSR count). The van der Waals surface area contributed by atoms with Crippen LogP contribution in [0.25, 0.3) is 0 Å². The van der Waals surface area contributed by atoms with E-state index in [1.54, 1.807) is 6.92 Å². The number of carbonyl (C=O) groups excluding carboxylic acids is 3. The number of nitrogens with one attached hydrogen (secondary N) is 3. The molecule has 3 amide bonds. The van der Waals surface area contributed by atoms with Crippen molar-refractivity contribution in [1.29, 1.82) is 0 Å². The molecule has 12 nitrogen and oxygen atoms in total. The van der Waals surface area contributed by atoms with Crippen LogP contribution in [0.15, 0.2) is 0 Å². The van der Waals surface area contributed by atoms with E-state index < -0.39 is 60.2 Å². The average molecular weight is 478 g/mol. The number of hydrogen-bond donors (Lipinski definition) is 8. The van der Waals surface area contributed by atoms with Crippen LogP contribution in [0.1, 0.15) is 46.0 Å². The zero-order valence-corrected chi connectivity index (χ0v) is 19.3. The van der Waals surface area contributed by atoms with Gasteiger partial charge in [-0.2, -0.15) is 12.6 Å². The van der Waals surface area contributed by atoms with Gasteiger partial charge in [0.05, 0.1) is 12.5 Å². The van der Waals surface area contributed by atoms with Crippen LogP contribution in [0.2, 0.25) is 0 Å². The monoisotopic (exact) mass is 477 g/mol. The maximum Gasteiger partial charge on any atom is 0.326 e. The Morgan fingerprint density at radius 1 is 0.906 bits per heavy atom. The number of rotatable bonds is 16. The summed E-state index contributed by atoms with van der Waals surface area (Å²) in [6, 6.07) is -4.73. The highest BCUT2D eigenvalue weighted by atomic mass is 32.1. The second-order valence-electron chi connectivity index (χ2n) is 7.50. The molecule has 0 aliphatic heterocycles. The van der Waals surface area contributed by atoms with E-state index in [1.807, 2.05) is 6.92 Å². The molecule has 5 atom stereocenters. The maximum absolute atomic E-state index is 12.7. The SMILES string of the molecule is CCC(C)C(N)C(=O)NC(CS)C(=O)NC(CCCCN)C(=O)NC(CC(=O)O)C(=O)O. The second-order valence-corrected chi connectivity index (χ2v) is 7.86. The first kappa shape index (κ1) is 29.6. The molecule has 0 aromatic rings. The van der Waals surface area contributed by atoms with Gasteiger partial charge in [-0.3, -0.25) is 19.2 Å². The van der Waals surface area contributed by atoms with Gasteiger partial charge in [0.25, 0.3) is 0 Å². The Labute approximate surface area is 192 Å². The smallest absolute Gasteiger partial charge is 0.326 e. The van der Waals surface area contributed by atoms with Crippen molar-refractivity contribution in [2.75, 3.05) is 12.3 Å². The second kappa shape index (κ2) is 15.4. The van der Waals surface area contributed by atoms with E-state index in [0.717, 1.165) is 0 Å². The first-order chi connectivity index (χ1) is 15.0. The fourth-order valence-electron chi connectivity index (χ4n) is 2.66. The molecule has 0 aliphatic carbocycles. The summed E-state index contributed by atoms with van der Waals surface area (Å²) in [7, 11) is 0. The molecule has 0 saturated heterocycles. The molecule has 0 fully saturated rings. The van der Waals surface area contributed by atoms with Gasteiger partial charge < -0.3 is 37.6 Å². The fourth-order valence-corrected chi connectivity index (χ4v) is 2.91. The number of amides is 3. The van der Waals surface area contributed by atoms with Crippen LogP contribution in [0.3, 0.4) is 0 Å². The zero-order chi connectivity index (χ0) is 24.8. The lowest BCUT2D eigenvalue weighted by Gasteiger charge is -2.25. The van der Waals surface area contributed by atoms with Crippen molar-refractivity contribution in [2.24, 2.45) is 17.4 Å². The van der Waals surface area contributed by atoms with Gasteiger partial charge in [0, 0.05) is 5.75 Å². The Bertz CT molecular complexity index is 664. The molecule has 0 aromatic heterocycles. The van der Waals surface area contributed by atoms with E-state index in [4.69, 9.17) is 21.7 Å². The average Bonchev–Trinajstić information content (AvgIpc) is 2.74. The molecular weight excluding hydrogens is 442 g/mol. The Kier molecular flexibility index (Phi) is 14.3. The minimum absolute atomic E-state index is 0.0707. The zero-order valence-electron chi connectivity index (χ0n) is 18.4. The Morgan fingerprint density at radius 3 is 1.91 bits per heavy atom. The summed E-state index contributed by atoms with van der Waals surface area (Å²) in [6.07, 6.45) is 0.966. The van der Waals surface area contributed by atoms with E-state index >= 15 is 0 Å². The third kappa shape index (κ3) is 10.8. The summed E-state index contributed by atoms with van der Waals surface area (Å²) in [5, 5.41) is 25.1. The Morgan fingerprint density at radius 2 is 1.44 bits per heavy atom. The summed E-state index contributed by atoms with van der Waals surface area (Å²) < 4.78 is 0. The molecule has 184 valence electrons. The predicted octanol–water partition coefficient (Wildman–Crippen LogP) is -1.57. The molecule has 0 saturated carbocycles. The highest BCUT2D eigenvalue weighted by Crippen LogP contribution is 2.07. The third-order valence-electron chi connectivity index (χ3n) is 4.95. The van der Waals surface area contributed by atoms with Gasteiger partial charge in [0.1, 0.15) is 18.1 Å². The van der Waals surface area contributed by atoms with Gasteiger partial charge in [-0.25, -0.2) is 4.79 Å². The number of aliphatic carboxylic acids is 2. The van der Waals surface area contributed by atoms with Gasteiger partial charge in [-0.15, -0.1) is 0 Å². The minimum atomic E-state index is -1.66. The minimum Gasteiger partial charge on any atom is -0.481 e. The van der Waals surface area contributed by atoms with E-state index in [0.29, 0.717) is 25.8 Å². The first-order valence-corrected chi connectivity index (χ1v) is 11.0. The third-order valence-corrected chi connectivity index (χ3v) is 5.31. The van der Waals surface area contributed by atoms with E-state index in [2.05, 4.69) is 28.6 Å². The van der Waals surface area contributed by atoms with Crippen molar-refractivity contribution in [3.63, 3.8) is 0 Å². The fraction of sp³-hybridized carbons (Fsp3) is 0.737. The molecule has 0 radical (unpaired) electrons. The van der Waals surface area contributed by atoms with Crippen LogP contribution < -0.4 is 27.4 Å². The molecule has 0 aliphatic rings. The van der Waals surface area contributed by atoms with Crippen molar-refractivity contribution in [3.05, 3.63) is 0 Å². The molecule has 9 N–H and O–H groups in total. The highest BCUT2D eigenvalue weighted by Gasteiger charge is 2.31. The van der Waals surface area contributed by atoms with Crippen molar-refractivity contribution < 1.29 is 34.2 Å². The largest absolute Gasteiger partial charge is 0.481 e. The normalized spacial score (nSPS) is 15.5. The molecule has 13 heteroatoms. The summed E-state index contributed by atoms with van der Waals surface area (Å²) >= 11 is 4.08. The predicted molar refractivity (Wildman–Crippen MR) is 120 cm³/mol. The van der Waals surface area contributed by atoms with E-state index in [-0.39, 0.29) is 18.1 Å². The molecule has 0 heterocycles. The number of unbranched alkanes of at least 4 members (excludes halogenated alkanes) is 1. The van der Waals surface area contributed by atoms with Crippen molar-refractivity contribution in [2.45, 2.75) is 70.1 Å². The van der Waals surface area contributed by atoms with Gasteiger partial charge in [0.2, 0.25) is 17.7 Å². The van der Waals surface area contributed by atoms with Crippen LogP contribution in [-0.2, 0) is 24.0 Å². The van der Waals surface area contributed by atoms with Crippen LogP contribution in [0.4, 0.5) is 0 Å². The Balaban J connectivity index is 5.32. The molecular formula is C19H35N5O7S. The Hall–Kier alpha value is -2.38. The first-order valence-electron chi connectivity index (χ1n) is 10.4. The van der Waals surface area contributed by atoms with Crippen LogP contribution in [0.5, 0.6) is 0 Å². The van der Waals surface area contributed by atoms with Gasteiger partial charge >= 0.3 is 11.9 Å². The lowest BCUT2D eigenvalue weighted by molar-refractivity contribution is -0.147. The van der Waals surface area contributed by atoms with Crippen LogP contribution >= 0.6 is 12.6 Å². The van der Waals surface area contributed by atoms with Crippen LogP contribution in [0, 0.1) is 5.92 Å². The maximum atomic E-state index is 12.7. The number of nitrogens with two attached hydrogens (primary N) is 2. The topological polar surface area (TPSA) is 214 Å².